The largest absolute Gasteiger partial charge is 0.490 e. The molecule has 2 aromatic rings. The van der Waals surface area contributed by atoms with Crippen LogP contribution >= 0.6 is 0 Å². The summed E-state index contributed by atoms with van der Waals surface area (Å²) in [5, 5.41) is 7.40. The van der Waals surface area contributed by atoms with Gasteiger partial charge >= 0.3 is 0 Å². The Labute approximate surface area is 122 Å². The van der Waals surface area contributed by atoms with E-state index in [1.807, 2.05) is 32.0 Å². The Bertz CT molecular complexity index is 647. The number of benzene rings is 1. The van der Waals surface area contributed by atoms with E-state index in [0.717, 1.165) is 5.56 Å². The molecule has 0 aliphatic heterocycles. The van der Waals surface area contributed by atoms with Gasteiger partial charge in [-0.3, -0.25) is 0 Å². The van der Waals surface area contributed by atoms with Gasteiger partial charge in [-0.2, -0.15) is 0 Å². The van der Waals surface area contributed by atoms with Gasteiger partial charge in [0.2, 0.25) is 0 Å². The molecule has 0 saturated carbocycles. The van der Waals surface area contributed by atoms with Crippen LogP contribution in [0.3, 0.4) is 0 Å². The highest BCUT2D eigenvalue weighted by atomic mass is 16.5. The first-order valence-corrected chi connectivity index (χ1v) is 6.65. The van der Waals surface area contributed by atoms with E-state index >= 15 is 0 Å². The van der Waals surface area contributed by atoms with E-state index in [4.69, 9.17) is 19.5 Å². The number of azide groups is 1. The third kappa shape index (κ3) is 3.67. The minimum Gasteiger partial charge on any atom is -0.490 e. The first kappa shape index (κ1) is 14.7. The molecule has 0 bridgehead atoms. The summed E-state index contributed by atoms with van der Waals surface area (Å²) in [6.45, 7) is 5.09. The normalized spacial score (nSPS) is 10.0. The monoisotopic (exact) mass is 288 g/mol. The van der Waals surface area contributed by atoms with E-state index in [1.165, 1.54) is 0 Å². The second-order valence-corrected chi connectivity index (χ2v) is 4.09. The Morgan fingerprint density at radius 1 is 1.19 bits per heavy atom. The maximum atomic E-state index is 8.29. The SMILES string of the molecule is CCOc1ccc(-c2cc(CN=[N+]=[N-])on2)cc1OCC. The van der Waals surface area contributed by atoms with Gasteiger partial charge in [-0.25, -0.2) is 0 Å². The van der Waals surface area contributed by atoms with Crippen LogP contribution in [0.1, 0.15) is 19.6 Å². The van der Waals surface area contributed by atoms with E-state index in [9.17, 15) is 0 Å². The maximum absolute atomic E-state index is 8.29. The third-order valence-electron chi connectivity index (χ3n) is 2.69. The summed E-state index contributed by atoms with van der Waals surface area (Å²) in [5.74, 6) is 1.87. The topological polar surface area (TPSA) is 93.2 Å². The molecule has 0 amide bonds. The predicted molar refractivity (Wildman–Crippen MR) is 77.1 cm³/mol. The van der Waals surface area contributed by atoms with Crippen LogP contribution in [-0.4, -0.2) is 18.4 Å². The molecule has 1 aromatic heterocycles. The smallest absolute Gasteiger partial charge is 0.161 e. The van der Waals surface area contributed by atoms with Crippen LogP contribution in [0.25, 0.3) is 21.7 Å². The molecule has 1 aromatic carbocycles. The summed E-state index contributed by atoms with van der Waals surface area (Å²) in [6.07, 6.45) is 0. The summed E-state index contributed by atoms with van der Waals surface area (Å²) in [4.78, 5) is 2.68. The lowest BCUT2D eigenvalue weighted by atomic mass is 10.1. The molecule has 0 aliphatic rings. The minimum atomic E-state index is 0.138. The van der Waals surface area contributed by atoms with Gasteiger partial charge in [-0.1, -0.05) is 10.3 Å². The summed E-state index contributed by atoms with van der Waals surface area (Å²) < 4.78 is 16.2. The van der Waals surface area contributed by atoms with Gasteiger partial charge < -0.3 is 14.0 Å². The van der Waals surface area contributed by atoms with E-state index in [2.05, 4.69) is 15.2 Å². The second kappa shape index (κ2) is 7.21. The molecular formula is C14H16N4O3. The van der Waals surface area contributed by atoms with Crippen molar-refractivity contribution >= 4 is 0 Å². The molecule has 21 heavy (non-hydrogen) atoms. The van der Waals surface area contributed by atoms with Gasteiger partial charge in [-0.05, 0) is 37.6 Å². The molecule has 7 heteroatoms. The molecule has 0 N–H and O–H groups in total. The van der Waals surface area contributed by atoms with Crippen molar-refractivity contribution in [1.29, 1.82) is 0 Å². The van der Waals surface area contributed by atoms with Gasteiger partial charge in [0.25, 0.3) is 0 Å². The van der Waals surface area contributed by atoms with E-state index in [-0.39, 0.29) is 6.54 Å². The highest BCUT2D eigenvalue weighted by Crippen LogP contribution is 2.32. The van der Waals surface area contributed by atoms with Crippen LogP contribution in [0.4, 0.5) is 0 Å². The fourth-order valence-corrected chi connectivity index (χ4v) is 1.84. The Balaban J connectivity index is 2.28. The molecule has 0 atom stereocenters. The molecular weight excluding hydrogens is 272 g/mol. The quantitative estimate of drug-likeness (QED) is 0.438. The molecule has 2 rings (SSSR count). The summed E-state index contributed by atoms with van der Waals surface area (Å²) in [6, 6.07) is 7.30. The van der Waals surface area contributed by atoms with E-state index in [1.54, 1.807) is 6.07 Å². The predicted octanol–water partition coefficient (Wildman–Crippen LogP) is 3.95. The van der Waals surface area contributed by atoms with Crippen LogP contribution < -0.4 is 9.47 Å². The Morgan fingerprint density at radius 2 is 1.95 bits per heavy atom. The van der Waals surface area contributed by atoms with Crippen LogP contribution in [0.2, 0.25) is 0 Å². The Kier molecular flexibility index (Phi) is 5.06. The maximum Gasteiger partial charge on any atom is 0.161 e. The lowest BCUT2D eigenvalue weighted by Gasteiger charge is -2.11. The lowest BCUT2D eigenvalue weighted by molar-refractivity contribution is 0.288. The molecule has 110 valence electrons. The third-order valence-corrected chi connectivity index (χ3v) is 2.69. The zero-order valence-corrected chi connectivity index (χ0v) is 11.9. The van der Waals surface area contributed by atoms with Crippen molar-refractivity contribution in [2.75, 3.05) is 13.2 Å². The van der Waals surface area contributed by atoms with Gasteiger partial charge in [0.15, 0.2) is 11.5 Å². The fourth-order valence-electron chi connectivity index (χ4n) is 1.84. The average Bonchev–Trinajstić information content (AvgIpc) is 2.96. The van der Waals surface area contributed by atoms with Crippen LogP contribution in [0.15, 0.2) is 33.9 Å². The first-order chi connectivity index (χ1) is 10.3. The molecule has 7 nitrogen and oxygen atoms in total. The number of nitrogens with zero attached hydrogens (tertiary/aromatic N) is 4. The summed E-state index contributed by atoms with van der Waals surface area (Å²) >= 11 is 0. The average molecular weight is 288 g/mol. The van der Waals surface area contributed by atoms with Crippen molar-refractivity contribution in [3.05, 3.63) is 40.5 Å². The van der Waals surface area contributed by atoms with Crippen molar-refractivity contribution in [1.82, 2.24) is 5.16 Å². The van der Waals surface area contributed by atoms with Crippen molar-refractivity contribution in [3.8, 4) is 22.8 Å². The number of rotatable bonds is 7. The molecule has 0 fully saturated rings. The molecule has 0 aliphatic carbocycles. The van der Waals surface area contributed by atoms with Crippen molar-refractivity contribution < 1.29 is 14.0 Å². The van der Waals surface area contributed by atoms with Gasteiger partial charge in [0.05, 0.1) is 19.8 Å². The molecule has 0 saturated heterocycles. The van der Waals surface area contributed by atoms with Crippen molar-refractivity contribution in [3.63, 3.8) is 0 Å². The van der Waals surface area contributed by atoms with Crippen LogP contribution in [0, 0.1) is 0 Å². The Morgan fingerprint density at radius 3 is 2.67 bits per heavy atom. The number of aromatic nitrogens is 1. The lowest BCUT2D eigenvalue weighted by Crippen LogP contribution is -1.98. The highest BCUT2D eigenvalue weighted by Gasteiger charge is 2.11. The van der Waals surface area contributed by atoms with E-state index < -0.39 is 0 Å². The molecule has 0 radical (unpaired) electrons. The van der Waals surface area contributed by atoms with Crippen molar-refractivity contribution in [2.45, 2.75) is 20.4 Å². The number of hydrogen-bond acceptors (Lipinski definition) is 5. The van der Waals surface area contributed by atoms with Crippen LogP contribution in [0.5, 0.6) is 11.5 Å². The molecule has 0 unspecified atom stereocenters. The number of hydrogen-bond donors (Lipinski definition) is 0. The zero-order valence-electron chi connectivity index (χ0n) is 11.9. The van der Waals surface area contributed by atoms with Gasteiger partial charge in [0, 0.05) is 16.5 Å². The fraction of sp³-hybridized carbons (Fsp3) is 0.357. The molecule has 0 spiro atoms. The summed E-state index contributed by atoms with van der Waals surface area (Å²) in [7, 11) is 0. The minimum absolute atomic E-state index is 0.138. The Hall–Kier alpha value is -2.66. The molecule has 1 heterocycles. The first-order valence-electron chi connectivity index (χ1n) is 6.65. The summed E-state index contributed by atoms with van der Waals surface area (Å²) in [5.41, 5.74) is 9.79. The number of ether oxygens (including phenoxy) is 2. The standard InChI is InChI=1S/C14H16N4O3/c1-3-19-13-6-5-10(7-14(13)20-4-2)12-8-11(21-17-12)9-16-18-15/h5-8H,3-4,9H2,1-2H3. The second-order valence-electron chi connectivity index (χ2n) is 4.09. The highest BCUT2D eigenvalue weighted by molar-refractivity contribution is 5.63. The van der Waals surface area contributed by atoms with Crippen molar-refractivity contribution in [2.24, 2.45) is 5.11 Å². The van der Waals surface area contributed by atoms with Gasteiger partial charge in [0.1, 0.15) is 11.5 Å². The van der Waals surface area contributed by atoms with E-state index in [0.29, 0.717) is 36.2 Å². The van der Waals surface area contributed by atoms with Gasteiger partial charge in [-0.15, -0.1) is 0 Å². The zero-order chi connectivity index (χ0) is 15.1. The van der Waals surface area contributed by atoms with Crippen LogP contribution in [-0.2, 0) is 6.54 Å².